The van der Waals surface area contributed by atoms with Gasteiger partial charge in [0.05, 0.1) is 21.3 Å². The molecule has 0 saturated carbocycles. The second-order valence-electron chi connectivity index (χ2n) is 6.75. The molecule has 1 N–H and O–H groups in total. The maximum Gasteiger partial charge on any atom is 0.268 e. The van der Waals surface area contributed by atoms with Crippen LogP contribution in [0.5, 0.6) is 11.5 Å². The number of nitrogens with zero attached hydrogens (tertiary/aromatic N) is 1. The third-order valence-corrected chi connectivity index (χ3v) is 6.16. The largest absolute Gasteiger partial charge is 0.447 e. The predicted molar refractivity (Wildman–Crippen MR) is 113 cm³/mol. The van der Waals surface area contributed by atoms with Crippen LogP contribution in [-0.2, 0) is 10.0 Å². The van der Waals surface area contributed by atoms with E-state index in [0.717, 1.165) is 11.3 Å². The monoisotopic (exact) mass is 430 g/mol. The molecule has 1 atom stereocenters. The van der Waals surface area contributed by atoms with Crippen molar-refractivity contribution < 1.29 is 17.9 Å². The van der Waals surface area contributed by atoms with Crippen molar-refractivity contribution in [3.63, 3.8) is 0 Å². The smallest absolute Gasteiger partial charge is 0.268 e. The summed E-state index contributed by atoms with van der Waals surface area (Å²) in [7, 11) is 0.125. The Morgan fingerprint density at radius 3 is 2.38 bits per heavy atom. The lowest BCUT2D eigenvalue weighted by molar-refractivity contribution is 0.0488. The number of fused-ring (bicyclic) bond motifs is 1. The lowest BCUT2D eigenvalue weighted by atomic mass is 10.2. The molecule has 3 aromatic carbocycles. The molecule has 1 aliphatic rings. The Morgan fingerprint density at radius 2 is 1.66 bits per heavy atom. The molecule has 0 radical (unpaired) electrons. The van der Waals surface area contributed by atoms with E-state index in [1.54, 1.807) is 42.5 Å². The Hall–Kier alpha value is -2.90. The summed E-state index contributed by atoms with van der Waals surface area (Å²) < 4.78 is 39.4. The fourth-order valence-electron chi connectivity index (χ4n) is 2.98. The topological polar surface area (TPSA) is 67.9 Å². The van der Waals surface area contributed by atoms with Gasteiger partial charge < -0.3 is 14.4 Å². The summed E-state index contributed by atoms with van der Waals surface area (Å²) >= 11 is 6.23. The second kappa shape index (κ2) is 7.50. The molecule has 4 rings (SSSR count). The van der Waals surface area contributed by atoms with Crippen molar-refractivity contribution >= 4 is 33.0 Å². The number of anilines is 2. The first-order valence-electron chi connectivity index (χ1n) is 8.85. The van der Waals surface area contributed by atoms with E-state index in [-0.39, 0.29) is 4.90 Å². The summed E-state index contributed by atoms with van der Waals surface area (Å²) in [5, 5.41) is 0.631. The van der Waals surface area contributed by atoms with Crippen LogP contribution in [0, 0.1) is 0 Å². The van der Waals surface area contributed by atoms with E-state index in [9.17, 15) is 8.42 Å². The van der Waals surface area contributed by atoms with E-state index >= 15 is 0 Å². The molecular weight excluding hydrogens is 412 g/mol. The molecule has 1 heterocycles. The van der Waals surface area contributed by atoms with E-state index in [2.05, 4.69) is 4.72 Å². The third kappa shape index (κ3) is 3.97. The van der Waals surface area contributed by atoms with Crippen LogP contribution in [0.25, 0.3) is 0 Å². The Kier molecular flexibility index (Phi) is 5.02. The Morgan fingerprint density at radius 1 is 0.931 bits per heavy atom. The van der Waals surface area contributed by atoms with Gasteiger partial charge in [-0.25, -0.2) is 8.42 Å². The normalized spacial score (nSPS) is 15.2. The van der Waals surface area contributed by atoms with Crippen LogP contribution in [0.3, 0.4) is 0 Å². The van der Waals surface area contributed by atoms with E-state index < -0.39 is 16.3 Å². The van der Waals surface area contributed by atoms with Gasteiger partial charge in [-0.2, -0.15) is 0 Å². The highest BCUT2D eigenvalue weighted by Gasteiger charge is 2.27. The summed E-state index contributed by atoms with van der Waals surface area (Å²) in [6.07, 6.45) is -0.637. The molecule has 1 aliphatic heterocycles. The van der Waals surface area contributed by atoms with Crippen molar-refractivity contribution in [2.75, 3.05) is 23.7 Å². The van der Waals surface area contributed by atoms with Crippen LogP contribution in [0.15, 0.2) is 71.6 Å². The van der Waals surface area contributed by atoms with Crippen LogP contribution >= 0.6 is 11.6 Å². The zero-order valence-electron chi connectivity index (χ0n) is 15.8. The molecule has 6 nitrogen and oxygen atoms in total. The van der Waals surface area contributed by atoms with Gasteiger partial charge in [-0.15, -0.1) is 0 Å². The summed E-state index contributed by atoms with van der Waals surface area (Å²) in [5.74, 6) is 1.00. The maximum atomic E-state index is 12.5. The average molecular weight is 431 g/mol. The van der Waals surface area contributed by atoms with E-state index in [4.69, 9.17) is 21.1 Å². The highest BCUT2D eigenvalue weighted by molar-refractivity contribution is 7.92. The number of nitrogens with one attached hydrogen (secondary N) is 1. The van der Waals surface area contributed by atoms with Crippen molar-refractivity contribution in [3.8, 4) is 11.5 Å². The van der Waals surface area contributed by atoms with Gasteiger partial charge in [0.2, 0.25) is 0 Å². The molecular formula is C21H19ClN2O4S. The lowest BCUT2D eigenvalue weighted by Gasteiger charge is -2.17. The van der Waals surface area contributed by atoms with Crippen molar-refractivity contribution in [2.24, 2.45) is 0 Å². The molecule has 0 bridgehead atoms. The standard InChI is InChI=1S/C21H19ClN2O4S/c1-24(2)18-12-14(8-10-17(18)22)21-27-19-11-9-15(13-20(19)28-21)23-29(25,26)16-6-4-3-5-7-16/h3-13,21,23H,1-2H3. The van der Waals surface area contributed by atoms with Crippen LogP contribution in [0.1, 0.15) is 11.9 Å². The molecule has 0 spiro atoms. The Balaban J connectivity index is 1.55. The van der Waals surface area contributed by atoms with Gasteiger partial charge in [0.25, 0.3) is 16.3 Å². The Bertz CT molecular complexity index is 1150. The second-order valence-corrected chi connectivity index (χ2v) is 8.84. The summed E-state index contributed by atoms with van der Waals surface area (Å²) in [6.45, 7) is 0. The fraction of sp³-hybridized carbons (Fsp3) is 0.143. The summed E-state index contributed by atoms with van der Waals surface area (Å²) in [6, 6.07) is 18.6. The highest BCUT2D eigenvalue weighted by Crippen LogP contribution is 2.43. The van der Waals surface area contributed by atoms with E-state index in [1.807, 2.05) is 31.1 Å². The van der Waals surface area contributed by atoms with Gasteiger partial charge >= 0.3 is 0 Å². The fourth-order valence-corrected chi connectivity index (χ4v) is 4.34. The lowest BCUT2D eigenvalue weighted by Crippen LogP contribution is -2.13. The number of rotatable bonds is 5. The van der Waals surface area contributed by atoms with Gasteiger partial charge in [0.1, 0.15) is 0 Å². The van der Waals surface area contributed by atoms with Crippen molar-refractivity contribution in [1.82, 2.24) is 0 Å². The van der Waals surface area contributed by atoms with Crippen LogP contribution in [-0.4, -0.2) is 22.5 Å². The molecule has 0 amide bonds. The predicted octanol–water partition coefficient (Wildman–Crippen LogP) is 4.68. The number of hydrogen-bond donors (Lipinski definition) is 1. The first-order valence-corrected chi connectivity index (χ1v) is 10.7. The summed E-state index contributed by atoms with van der Waals surface area (Å²) in [4.78, 5) is 2.10. The number of benzene rings is 3. The minimum Gasteiger partial charge on any atom is -0.447 e. The first kappa shape index (κ1) is 19.4. The zero-order chi connectivity index (χ0) is 20.6. The number of sulfonamides is 1. The van der Waals surface area contributed by atoms with Crippen LogP contribution in [0.4, 0.5) is 11.4 Å². The molecule has 8 heteroatoms. The molecule has 0 aliphatic carbocycles. The van der Waals surface area contributed by atoms with Gasteiger partial charge in [-0.05, 0) is 42.5 Å². The SMILES string of the molecule is CN(C)c1cc(C2Oc3ccc(NS(=O)(=O)c4ccccc4)cc3O2)ccc1Cl. The highest BCUT2D eigenvalue weighted by atomic mass is 35.5. The minimum atomic E-state index is -3.68. The molecule has 29 heavy (non-hydrogen) atoms. The van der Waals surface area contributed by atoms with Crippen molar-refractivity contribution in [3.05, 3.63) is 77.3 Å². The quantitative estimate of drug-likeness (QED) is 0.636. The first-order chi connectivity index (χ1) is 13.8. The van der Waals surface area contributed by atoms with E-state index in [1.165, 1.54) is 12.1 Å². The molecule has 0 aromatic heterocycles. The molecule has 3 aromatic rings. The molecule has 1 unspecified atom stereocenters. The number of halogens is 1. The van der Waals surface area contributed by atoms with Crippen LogP contribution < -0.4 is 19.1 Å². The zero-order valence-corrected chi connectivity index (χ0v) is 17.4. The van der Waals surface area contributed by atoms with Gasteiger partial charge in [0, 0.05) is 25.7 Å². The minimum absolute atomic E-state index is 0.188. The van der Waals surface area contributed by atoms with Gasteiger partial charge in [-0.1, -0.05) is 29.8 Å². The van der Waals surface area contributed by atoms with Gasteiger partial charge in [0.15, 0.2) is 11.5 Å². The molecule has 0 saturated heterocycles. The van der Waals surface area contributed by atoms with Gasteiger partial charge in [-0.3, -0.25) is 4.72 Å². The van der Waals surface area contributed by atoms with E-state index in [0.29, 0.717) is 22.2 Å². The maximum absolute atomic E-state index is 12.5. The molecule has 150 valence electrons. The van der Waals surface area contributed by atoms with Crippen LogP contribution in [0.2, 0.25) is 5.02 Å². The third-order valence-electron chi connectivity index (χ3n) is 4.44. The van der Waals surface area contributed by atoms with Crippen molar-refractivity contribution in [1.29, 1.82) is 0 Å². The number of ether oxygens (including phenoxy) is 2. The average Bonchev–Trinajstić information content (AvgIpc) is 3.12. The van der Waals surface area contributed by atoms with Crippen molar-refractivity contribution in [2.45, 2.75) is 11.2 Å². The molecule has 0 fully saturated rings. The Labute approximate surface area is 174 Å². The number of hydrogen-bond acceptors (Lipinski definition) is 5. The summed E-state index contributed by atoms with van der Waals surface area (Å²) in [5.41, 5.74) is 2.05.